The highest BCUT2D eigenvalue weighted by molar-refractivity contribution is 6.31. The summed E-state index contributed by atoms with van der Waals surface area (Å²) >= 11 is 6.11. The van der Waals surface area contributed by atoms with Crippen LogP contribution in [-0.4, -0.2) is 22.4 Å². The van der Waals surface area contributed by atoms with Crippen LogP contribution in [-0.2, 0) is 4.79 Å². The summed E-state index contributed by atoms with van der Waals surface area (Å²) in [6.07, 6.45) is 0.140. The largest absolute Gasteiger partial charge is 0.369 e. The summed E-state index contributed by atoms with van der Waals surface area (Å²) in [5.74, 6) is -0.107. The van der Waals surface area contributed by atoms with Crippen LogP contribution in [0.25, 0.3) is 22.3 Å². The average Bonchev–Trinajstić information content (AvgIpc) is 2.73. The van der Waals surface area contributed by atoms with Gasteiger partial charge in [0.15, 0.2) is 5.82 Å². The van der Waals surface area contributed by atoms with E-state index in [1.807, 2.05) is 0 Å². The van der Waals surface area contributed by atoms with Gasteiger partial charge in [0, 0.05) is 34.6 Å². The molecule has 1 amide bonds. The fourth-order valence-electron chi connectivity index (χ4n) is 3.05. The Kier molecular flexibility index (Phi) is 6.04. The van der Waals surface area contributed by atoms with Gasteiger partial charge in [0.2, 0.25) is 5.91 Å². The van der Waals surface area contributed by atoms with E-state index in [1.54, 1.807) is 36.4 Å². The molecule has 0 radical (unpaired) electrons. The van der Waals surface area contributed by atoms with E-state index >= 15 is 0 Å². The van der Waals surface area contributed by atoms with Crippen molar-refractivity contribution in [1.29, 1.82) is 0 Å². The molecule has 156 valence electrons. The van der Waals surface area contributed by atoms with Crippen molar-refractivity contribution in [3.8, 4) is 11.4 Å². The number of anilines is 2. The Balaban J connectivity index is 1.53. The summed E-state index contributed by atoms with van der Waals surface area (Å²) in [6.45, 7) is 0.290. The Morgan fingerprint density at radius 2 is 1.74 bits per heavy atom. The monoisotopic (exact) mass is 438 g/mol. The maximum Gasteiger partial charge on any atom is 0.226 e. The molecule has 0 bridgehead atoms. The molecule has 31 heavy (non-hydrogen) atoms. The third kappa shape index (κ3) is 5.13. The van der Waals surface area contributed by atoms with E-state index in [9.17, 15) is 13.6 Å². The van der Waals surface area contributed by atoms with E-state index in [0.29, 0.717) is 40.0 Å². The molecule has 2 N–H and O–H groups in total. The number of hydrogen-bond acceptors (Lipinski definition) is 4. The molecular weight excluding hydrogens is 422 g/mol. The van der Waals surface area contributed by atoms with E-state index in [-0.39, 0.29) is 18.1 Å². The molecule has 0 spiro atoms. The number of hydrogen-bond donors (Lipinski definition) is 2. The van der Waals surface area contributed by atoms with Crippen LogP contribution in [0, 0.1) is 11.6 Å². The second-order valence-corrected chi connectivity index (χ2v) is 7.24. The Hall–Kier alpha value is -3.58. The van der Waals surface area contributed by atoms with E-state index in [0.717, 1.165) is 5.39 Å². The highest BCUT2D eigenvalue weighted by Crippen LogP contribution is 2.27. The van der Waals surface area contributed by atoms with Crippen LogP contribution >= 0.6 is 11.6 Å². The Morgan fingerprint density at radius 3 is 2.52 bits per heavy atom. The van der Waals surface area contributed by atoms with Gasteiger partial charge in [-0.2, -0.15) is 0 Å². The van der Waals surface area contributed by atoms with Crippen LogP contribution in [0.2, 0.25) is 5.02 Å². The van der Waals surface area contributed by atoms with Gasteiger partial charge in [0.25, 0.3) is 0 Å². The molecule has 3 aromatic carbocycles. The van der Waals surface area contributed by atoms with Crippen molar-refractivity contribution in [2.45, 2.75) is 6.42 Å². The second-order valence-electron chi connectivity index (χ2n) is 6.80. The molecule has 8 heteroatoms. The minimum absolute atomic E-state index is 0.140. The van der Waals surface area contributed by atoms with Crippen LogP contribution < -0.4 is 10.6 Å². The Labute approximate surface area is 182 Å². The molecule has 0 fully saturated rings. The maximum absolute atomic E-state index is 13.3. The summed E-state index contributed by atoms with van der Waals surface area (Å²) in [4.78, 5) is 21.3. The highest BCUT2D eigenvalue weighted by Gasteiger charge is 2.11. The van der Waals surface area contributed by atoms with Gasteiger partial charge in [-0.3, -0.25) is 4.79 Å². The number of fused-ring (bicyclic) bond motifs is 1. The molecule has 1 aromatic heterocycles. The first-order valence-electron chi connectivity index (χ1n) is 9.50. The smallest absolute Gasteiger partial charge is 0.226 e. The summed E-state index contributed by atoms with van der Waals surface area (Å²) in [7, 11) is 0. The van der Waals surface area contributed by atoms with E-state index in [2.05, 4.69) is 20.6 Å². The number of nitrogens with zero attached hydrogens (tertiary/aromatic N) is 2. The lowest BCUT2D eigenvalue weighted by atomic mass is 10.1. The van der Waals surface area contributed by atoms with Crippen molar-refractivity contribution in [2.24, 2.45) is 0 Å². The molecular formula is C23H17ClF2N4O. The van der Waals surface area contributed by atoms with Gasteiger partial charge in [-0.15, -0.1) is 0 Å². The molecule has 1 heterocycles. The van der Waals surface area contributed by atoms with Gasteiger partial charge in [-0.25, -0.2) is 18.7 Å². The van der Waals surface area contributed by atoms with Crippen molar-refractivity contribution in [1.82, 2.24) is 9.97 Å². The number of aromatic nitrogens is 2. The second kappa shape index (κ2) is 9.06. The molecule has 0 atom stereocenters. The van der Waals surface area contributed by atoms with E-state index in [1.165, 1.54) is 30.3 Å². The number of rotatable bonds is 6. The Morgan fingerprint density at radius 1 is 0.935 bits per heavy atom. The normalized spacial score (nSPS) is 10.8. The molecule has 5 nitrogen and oxygen atoms in total. The standard InChI is InChI=1S/C23H17ClF2N4O/c24-15-6-9-19-20(12-15)29-22(14-4-7-16(25)8-5-14)30-23(19)27-11-10-21(31)28-18-3-1-2-17(26)13-18/h1-9,12-13H,10-11H2,(H,28,31)(H,27,29,30). The van der Waals surface area contributed by atoms with E-state index < -0.39 is 5.82 Å². The van der Waals surface area contributed by atoms with Gasteiger partial charge in [0.05, 0.1) is 5.52 Å². The van der Waals surface area contributed by atoms with Gasteiger partial charge in [-0.05, 0) is 60.7 Å². The first-order valence-corrected chi connectivity index (χ1v) is 9.88. The first-order chi connectivity index (χ1) is 15.0. The molecule has 4 aromatic rings. The minimum Gasteiger partial charge on any atom is -0.369 e. The number of carbonyl (C=O) groups excluding carboxylic acids is 1. The summed E-state index contributed by atoms with van der Waals surface area (Å²) in [6, 6.07) is 16.8. The lowest BCUT2D eigenvalue weighted by Crippen LogP contribution is -2.17. The molecule has 0 aliphatic carbocycles. The van der Waals surface area contributed by atoms with Crippen LogP contribution in [0.15, 0.2) is 66.7 Å². The summed E-state index contributed by atoms with van der Waals surface area (Å²) < 4.78 is 26.5. The van der Waals surface area contributed by atoms with Crippen molar-refractivity contribution in [2.75, 3.05) is 17.2 Å². The molecule has 0 saturated heterocycles. The number of carbonyl (C=O) groups is 1. The topological polar surface area (TPSA) is 66.9 Å². The predicted molar refractivity (Wildman–Crippen MR) is 118 cm³/mol. The number of halogens is 3. The summed E-state index contributed by atoms with van der Waals surface area (Å²) in [5.41, 5.74) is 1.66. The minimum atomic E-state index is -0.421. The quantitative estimate of drug-likeness (QED) is 0.407. The van der Waals surface area contributed by atoms with Gasteiger partial charge in [0.1, 0.15) is 17.5 Å². The molecule has 0 aliphatic rings. The predicted octanol–water partition coefficient (Wildman–Crippen LogP) is 5.67. The zero-order valence-corrected chi connectivity index (χ0v) is 17.0. The van der Waals surface area contributed by atoms with Crippen molar-refractivity contribution < 1.29 is 13.6 Å². The van der Waals surface area contributed by atoms with Crippen LogP contribution in [0.4, 0.5) is 20.3 Å². The molecule has 4 rings (SSSR count). The third-order valence-corrected chi connectivity index (χ3v) is 4.75. The Bertz CT molecular complexity index is 1250. The van der Waals surface area contributed by atoms with Crippen molar-refractivity contribution >= 4 is 39.9 Å². The number of amides is 1. The lowest BCUT2D eigenvalue weighted by molar-refractivity contribution is -0.115. The van der Waals surface area contributed by atoms with E-state index in [4.69, 9.17) is 11.6 Å². The highest BCUT2D eigenvalue weighted by atomic mass is 35.5. The van der Waals surface area contributed by atoms with Gasteiger partial charge in [-0.1, -0.05) is 17.7 Å². The van der Waals surface area contributed by atoms with Gasteiger partial charge < -0.3 is 10.6 Å². The average molecular weight is 439 g/mol. The zero-order chi connectivity index (χ0) is 21.8. The SMILES string of the molecule is O=C(CCNc1nc(-c2ccc(F)cc2)nc2cc(Cl)ccc12)Nc1cccc(F)c1. The van der Waals surface area contributed by atoms with Crippen molar-refractivity contribution in [3.05, 3.63) is 83.4 Å². The maximum atomic E-state index is 13.3. The first kappa shape index (κ1) is 20.7. The van der Waals surface area contributed by atoms with Crippen molar-refractivity contribution in [3.63, 3.8) is 0 Å². The third-order valence-electron chi connectivity index (χ3n) is 4.51. The molecule has 0 unspecified atom stereocenters. The number of benzene rings is 3. The molecule has 0 saturated carbocycles. The number of nitrogens with one attached hydrogen (secondary N) is 2. The van der Waals surface area contributed by atoms with Gasteiger partial charge >= 0.3 is 0 Å². The van der Waals surface area contributed by atoms with Crippen LogP contribution in [0.5, 0.6) is 0 Å². The summed E-state index contributed by atoms with van der Waals surface area (Å²) in [5, 5.41) is 7.07. The zero-order valence-electron chi connectivity index (χ0n) is 16.2. The van der Waals surface area contributed by atoms with Crippen LogP contribution in [0.3, 0.4) is 0 Å². The fraction of sp³-hybridized carbons (Fsp3) is 0.0870. The lowest BCUT2D eigenvalue weighted by Gasteiger charge is -2.12. The van der Waals surface area contributed by atoms with Crippen LogP contribution in [0.1, 0.15) is 6.42 Å². The fourth-order valence-corrected chi connectivity index (χ4v) is 3.22. The molecule has 0 aliphatic heterocycles.